The third-order valence-electron chi connectivity index (χ3n) is 5.06. The van der Waals surface area contributed by atoms with Gasteiger partial charge in [-0.05, 0) is 49.5 Å². The lowest BCUT2D eigenvalue weighted by Gasteiger charge is -2.36. The smallest absolute Gasteiger partial charge is 0.261 e. The fourth-order valence-corrected chi connectivity index (χ4v) is 3.75. The quantitative estimate of drug-likeness (QED) is 0.698. The van der Waals surface area contributed by atoms with E-state index in [2.05, 4.69) is 15.6 Å². The molecule has 1 saturated heterocycles. The van der Waals surface area contributed by atoms with Gasteiger partial charge in [0.1, 0.15) is 6.61 Å². The van der Waals surface area contributed by atoms with E-state index in [1.807, 2.05) is 18.2 Å². The first kappa shape index (κ1) is 18.3. The van der Waals surface area contributed by atoms with Crippen molar-refractivity contribution in [2.45, 2.75) is 18.4 Å². The van der Waals surface area contributed by atoms with Gasteiger partial charge in [-0.15, -0.1) is 0 Å². The van der Waals surface area contributed by atoms with Crippen molar-refractivity contribution in [1.82, 2.24) is 10.2 Å². The molecule has 1 aromatic carbocycles. The van der Waals surface area contributed by atoms with Gasteiger partial charge in [-0.25, -0.2) is 4.99 Å². The number of amides is 2. The van der Waals surface area contributed by atoms with Crippen LogP contribution in [-0.2, 0) is 19.9 Å². The standard InChI is InChI=1S/C18H25N5O3/c1-23-16(25)18(22-17(23)19,12-6-8-20-9-7-12)13-4-3-5-14(10-13)21-15(24)11-26-2/h3-5,10,12,20H,6-9,11H2,1-2H3,(H2,19,22)(H,21,24). The number of nitrogens with zero attached hydrogens (tertiary/aromatic N) is 2. The summed E-state index contributed by atoms with van der Waals surface area (Å²) in [4.78, 5) is 31.1. The van der Waals surface area contributed by atoms with Crippen molar-refractivity contribution in [3.8, 4) is 0 Å². The lowest BCUT2D eigenvalue weighted by molar-refractivity contribution is -0.133. The van der Waals surface area contributed by atoms with Crippen LogP contribution < -0.4 is 16.4 Å². The predicted octanol–water partition coefficient (Wildman–Crippen LogP) is 0.253. The van der Waals surface area contributed by atoms with Crippen molar-refractivity contribution in [2.24, 2.45) is 16.6 Å². The minimum absolute atomic E-state index is 0.0313. The first-order valence-electron chi connectivity index (χ1n) is 8.72. The Morgan fingerprint density at radius 3 is 2.81 bits per heavy atom. The number of carbonyl (C=O) groups excluding carboxylic acids is 2. The lowest BCUT2D eigenvalue weighted by Crippen LogP contribution is -2.48. The Balaban J connectivity index is 2.01. The number of benzene rings is 1. The van der Waals surface area contributed by atoms with E-state index < -0.39 is 5.54 Å². The molecule has 140 valence electrons. The molecule has 4 N–H and O–H groups in total. The average molecular weight is 359 g/mol. The van der Waals surface area contributed by atoms with Gasteiger partial charge in [0.25, 0.3) is 5.91 Å². The van der Waals surface area contributed by atoms with Gasteiger partial charge in [-0.3, -0.25) is 14.5 Å². The van der Waals surface area contributed by atoms with Crippen LogP contribution in [0.5, 0.6) is 0 Å². The number of anilines is 1. The van der Waals surface area contributed by atoms with Gasteiger partial charge in [0.15, 0.2) is 11.5 Å². The third kappa shape index (κ3) is 3.17. The molecule has 8 nitrogen and oxygen atoms in total. The Morgan fingerprint density at radius 1 is 1.46 bits per heavy atom. The average Bonchev–Trinajstić information content (AvgIpc) is 2.88. The molecule has 0 radical (unpaired) electrons. The largest absolute Gasteiger partial charge is 0.375 e. The van der Waals surface area contributed by atoms with Crippen LogP contribution in [0, 0.1) is 5.92 Å². The van der Waals surface area contributed by atoms with Crippen molar-refractivity contribution < 1.29 is 14.3 Å². The molecule has 3 rings (SSSR count). The number of ether oxygens (including phenoxy) is 1. The zero-order valence-corrected chi connectivity index (χ0v) is 15.1. The maximum Gasteiger partial charge on any atom is 0.261 e. The van der Waals surface area contributed by atoms with Crippen LogP contribution in [0.4, 0.5) is 5.69 Å². The number of hydrogen-bond acceptors (Lipinski definition) is 6. The van der Waals surface area contributed by atoms with Crippen LogP contribution in [0.2, 0.25) is 0 Å². The number of hydrogen-bond donors (Lipinski definition) is 3. The van der Waals surface area contributed by atoms with Crippen molar-refractivity contribution >= 4 is 23.5 Å². The Hall–Kier alpha value is -2.45. The van der Waals surface area contributed by atoms with Gasteiger partial charge in [-0.2, -0.15) is 0 Å². The molecule has 2 amide bonds. The minimum atomic E-state index is -1.04. The summed E-state index contributed by atoms with van der Waals surface area (Å²) in [7, 11) is 3.11. The Labute approximate surface area is 152 Å². The summed E-state index contributed by atoms with van der Waals surface area (Å²) in [6, 6.07) is 7.28. The molecule has 0 bridgehead atoms. The predicted molar refractivity (Wildman–Crippen MR) is 98.6 cm³/mol. The number of piperidine rings is 1. The van der Waals surface area contributed by atoms with Crippen LogP contribution in [-0.4, -0.2) is 56.5 Å². The fourth-order valence-electron chi connectivity index (χ4n) is 3.75. The SMILES string of the molecule is COCC(=O)Nc1cccc(C2(C3CCNCC3)N=C(N)N(C)C2=O)c1. The summed E-state index contributed by atoms with van der Waals surface area (Å²) in [6.45, 7) is 1.64. The molecule has 2 aliphatic heterocycles. The lowest BCUT2D eigenvalue weighted by atomic mass is 9.73. The number of rotatable bonds is 5. The first-order valence-corrected chi connectivity index (χ1v) is 8.72. The van der Waals surface area contributed by atoms with E-state index in [4.69, 9.17) is 10.5 Å². The fraction of sp³-hybridized carbons (Fsp3) is 0.500. The molecule has 26 heavy (non-hydrogen) atoms. The van der Waals surface area contributed by atoms with E-state index in [0.29, 0.717) is 5.69 Å². The van der Waals surface area contributed by atoms with Crippen molar-refractivity contribution in [1.29, 1.82) is 0 Å². The number of guanidine groups is 1. The molecular weight excluding hydrogens is 334 g/mol. The summed E-state index contributed by atoms with van der Waals surface area (Å²) in [5.74, 6) is -0.104. The van der Waals surface area contributed by atoms with Gasteiger partial charge < -0.3 is 21.1 Å². The van der Waals surface area contributed by atoms with Crippen LogP contribution in [0.1, 0.15) is 18.4 Å². The number of aliphatic imine (C=N–C) groups is 1. The molecule has 2 aliphatic rings. The number of nitrogens with two attached hydrogens (primary N) is 1. The van der Waals surface area contributed by atoms with E-state index >= 15 is 0 Å². The van der Waals surface area contributed by atoms with Crippen LogP contribution in [0.25, 0.3) is 0 Å². The monoisotopic (exact) mass is 359 g/mol. The number of likely N-dealkylation sites (N-methyl/N-ethyl adjacent to an activating group) is 1. The molecule has 1 fully saturated rings. The number of nitrogens with one attached hydrogen (secondary N) is 2. The van der Waals surface area contributed by atoms with E-state index in [9.17, 15) is 9.59 Å². The summed E-state index contributed by atoms with van der Waals surface area (Å²) in [5.41, 5.74) is 6.31. The van der Waals surface area contributed by atoms with Gasteiger partial charge >= 0.3 is 0 Å². The Morgan fingerprint density at radius 2 is 2.19 bits per heavy atom. The van der Waals surface area contributed by atoms with Crippen LogP contribution in [0.15, 0.2) is 29.3 Å². The topological polar surface area (TPSA) is 109 Å². The first-order chi connectivity index (χ1) is 12.5. The van der Waals surface area contributed by atoms with Gasteiger partial charge in [0.2, 0.25) is 5.91 Å². The third-order valence-corrected chi connectivity index (χ3v) is 5.06. The van der Waals surface area contributed by atoms with E-state index in [1.165, 1.54) is 12.0 Å². The molecule has 0 saturated carbocycles. The van der Waals surface area contributed by atoms with E-state index in [-0.39, 0.29) is 30.3 Å². The van der Waals surface area contributed by atoms with E-state index in [1.54, 1.807) is 13.1 Å². The summed E-state index contributed by atoms with van der Waals surface area (Å²) < 4.78 is 4.85. The number of methoxy groups -OCH3 is 1. The second-order valence-corrected chi connectivity index (χ2v) is 6.69. The molecule has 1 atom stereocenters. The zero-order valence-electron chi connectivity index (χ0n) is 15.1. The maximum absolute atomic E-state index is 13.2. The van der Waals surface area contributed by atoms with Crippen molar-refractivity contribution in [3.05, 3.63) is 29.8 Å². The summed E-state index contributed by atoms with van der Waals surface area (Å²) in [5, 5.41) is 6.10. The van der Waals surface area contributed by atoms with Gasteiger partial charge in [-0.1, -0.05) is 12.1 Å². The molecule has 8 heteroatoms. The molecule has 2 heterocycles. The molecule has 0 spiro atoms. The molecule has 1 aromatic rings. The summed E-state index contributed by atoms with van der Waals surface area (Å²) in [6.07, 6.45) is 1.66. The highest BCUT2D eigenvalue weighted by Gasteiger charge is 2.53. The van der Waals surface area contributed by atoms with Crippen molar-refractivity contribution in [2.75, 3.05) is 39.2 Å². The van der Waals surface area contributed by atoms with Gasteiger partial charge in [0, 0.05) is 19.8 Å². The Bertz CT molecular complexity index is 729. The minimum Gasteiger partial charge on any atom is -0.375 e. The zero-order chi connectivity index (χ0) is 18.7. The second kappa shape index (κ2) is 7.43. The Kier molecular flexibility index (Phi) is 5.24. The highest BCUT2D eigenvalue weighted by Crippen LogP contribution is 2.43. The molecular formula is C18H25N5O3. The van der Waals surface area contributed by atoms with Crippen molar-refractivity contribution in [3.63, 3.8) is 0 Å². The van der Waals surface area contributed by atoms with Crippen LogP contribution >= 0.6 is 0 Å². The molecule has 0 aromatic heterocycles. The highest BCUT2D eigenvalue weighted by molar-refractivity contribution is 6.07. The maximum atomic E-state index is 13.2. The molecule has 0 aliphatic carbocycles. The molecule has 1 unspecified atom stereocenters. The van der Waals surface area contributed by atoms with E-state index in [0.717, 1.165) is 31.5 Å². The normalized spacial score (nSPS) is 23.8. The highest BCUT2D eigenvalue weighted by atomic mass is 16.5. The second-order valence-electron chi connectivity index (χ2n) is 6.69. The number of carbonyl (C=O) groups is 2. The van der Waals surface area contributed by atoms with Crippen LogP contribution in [0.3, 0.4) is 0 Å². The summed E-state index contributed by atoms with van der Waals surface area (Å²) >= 11 is 0. The van der Waals surface area contributed by atoms with Gasteiger partial charge in [0.05, 0.1) is 0 Å².